The summed E-state index contributed by atoms with van der Waals surface area (Å²) in [5.74, 6) is 0.285. The van der Waals surface area contributed by atoms with Crippen molar-refractivity contribution in [2.24, 2.45) is 0 Å². The topological polar surface area (TPSA) is 17.1 Å². The van der Waals surface area contributed by atoms with Crippen LogP contribution in [0.25, 0.3) is 0 Å². The average Bonchev–Trinajstić information content (AvgIpc) is 2.29. The molecule has 1 aromatic rings. The van der Waals surface area contributed by atoms with Crippen molar-refractivity contribution < 1.29 is 4.79 Å². The summed E-state index contributed by atoms with van der Waals surface area (Å²) in [4.78, 5) is 11.8. The Morgan fingerprint density at radius 1 is 1.06 bits per heavy atom. The highest BCUT2D eigenvalue weighted by atomic mass is 127. The molecule has 0 fully saturated rings. The molecule has 0 bridgehead atoms. The summed E-state index contributed by atoms with van der Waals surface area (Å²) in [6.07, 6.45) is 6.72. The highest BCUT2D eigenvalue weighted by Crippen LogP contribution is 2.12. The molecule has 0 heterocycles. The van der Waals surface area contributed by atoms with Gasteiger partial charge in [0, 0.05) is 15.6 Å². The summed E-state index contributed by atoms with van der Waals surface area (Å²) in [6.45, 7) is 2.21. The van der Waals surface area contributed by atoms with Gasteiger partial charge in [0.1, 0.15) is 0 Å². The molecule has 0 aliphatic rings. The number of benzene rings is 1. The number of hydrogen-bond acceptors (Lipinski definition) is 1. The molecule has 1 aromatic carbocycles. The highest BCUT2D eigenvalue weighted by Gasteiger charge is 2.04. The molecule has 1 rings (SSSR count). The summed E-state index contributed by atoms with van der Waals surface area (Å²) in [5.41, 5.74) is 0.857. The normalized spacial score (nSPS) is 10.4. The number of Topliss-reactive ketones (excluding diaryl/α,β-unsaturated/α-hetero) is 1. The predicted octanol–water partition coefficient (Wildman–Crippen LogP) is 4.83. The van der Waals surface area contributed by atoms with Gasteiger partial charge >= 0.3 is 0 Å². The van der Waals surface area contributed by atoms with Crippen molar-refractivity contribution in [3.05, 3.63) is 33.4 Å². The first-order chi connectivity index (χ1) is 7.74. The zero-order valence-electron chi connectivity index (χ0n) is 9.84. The monoisotopic (exact) mass is 330 g/mol. The second-order valence-electron chi connectivity index (χ2n) is 4.09. The smallest absolute Gasteiger partial charge is 0.162 e. The minimum Gasteiger partial charge on any atom is -0.294 e. The van der Waals surface area contributed by atoms with Crippen LogP contribution in [0, 0.1) is 3.57 Å². The summed E-state index contributed by atoms with van der Waals surface area (Å²) in [5, 5.41) is 0. The zero-order valence-corrected chi connectivity index (χ0v) is 12.0. The third kappa shape index (κ3) is 5.10. The lowest BCUT2D eigenvalue weighted by molar-refractivity contribution is 0.0979. The quantitative estimate of drug-likeness (QED) is 0.397. The Labute approximate surface area is 112 Å². The van der Waals surface area contributed by atoms with Gasteiger partial charge in [0.15, 0.2) is 5.78 Å². The maximum Gasteiger partial charge on any atom is 0.162 e. The Morgan fingerprint density at radius 3 is 2.31 bits per heavy atom. The van der Waals surface area contributed by atoms with Gasteiger partial charge in [0.25, 0.3) is 0 Å². The molecule has 0 aromatic heterocycles. The van der Waals surface area contributed by atoms with E-state index in [1.165, 1.54) is 29.3 Å². The number of ketones is 1. The van der Waals surface area contributed by atoms with Crippen molar-refractivity contribution in [3.63, 3.8) is 0 Å². The highest BCUT2D eigenvalue weighted by molar-refractivity contribution is 14.1. The molecule has 0 atom stereocenters. The standard InChI is InChI=1S/C14H19IO/c1-2-3-4-5-6-7-14(16)12-8-10-13(15)11-9-12/h8-11H,2-7H2,1H3. The fraction of sp³-hybridized carbons (Fsp3) is 0.500. The largest absolute Gasteiger partial charge is 0.294 e. The molecule has 0 unspecified atom stereocenters. The fourth-order valence-corrected chi connectivity index (χ4v) is 2.03. The van der Waals surface area contributed by atoms with Crippen LogP contribution >= 0.6 is 22.6 Å². The van der Waals surface area contributed by atoms with Crippen molar-refractivity contribution >= 4 is 28.4 Å². The van der Waals surface area contributed by atoms with Crippen molar-refractivity contribution in [2.45, 2.75) is 45.4 Å². The van der Waals surface area contributed by atoms with Crippen LogP contribution in [0.4, 0.5) is 0 Å². The second-order valence-corrected chi connectivity index (χ2v) is 5.34. The molecular weight excluding hydrogens is 311 g/mol. The lowest BCUT2D eigenvalue weighted by atomic mass is 10.0. The first kappa shape index (κ1) is 13.7. The maximum absolute atomic E-state index is 11.8. The Balaban J connectivity index is 2.27. The lowest BCUT2D eigenvalue weighted by Crippen LogP contribution is -1.98. The van der Waals surface area contributed by atoms with E-state index < -0.39 is 0 Å². The minimum atomic E-state index is 0.285. The molecular formula is C14H19IO. The molecule has 0 saturated carbocycles. The first-order valence-electron chi connectivity index (χ1n) is 6.03. The fourth-order valence-electron chi connectivity index (χ4n) is 1.67. The van der Waals surface area contributed by atoms with Gasteiger partial charge in [-0.05, 0) is 41.1 Å². The van der Waals surface area contributed by atoms with E-state index in [9.17, 15) is 4.79 Å². The lowest BCUT2D eigenvalue weighted by Gasteiger charge is -2.01. The van der Waals surface area contributed by atoms with Gasteiger partial charge in [-0.15, -0.1) is 0 Å². The molecule has 16 heavy (non-hydrogen) atoms. The van der Waals surface area contributed by atoms with Crippen molar-refractivity contribution in [1.82, 2.24) is 0 Å². The minimum absolute atomic E-state index is 0.285. The number of unbranched alkanes of at least 4 members (excludes halogenated alkanes) is 4. The SMILES string of the molecule is CCCCCCCC(=O)c1ccc(I)cc1. The average molecular weight is 330 g/mol. The van der Waals surface area contributed by atoms with Crippen LogP contribution in [0.1, 0.15) is 55.8 Å². The summed E-state index contributed by atoms with van der Waals surface area (Å²) in [7, 11) is 0. The van der Waals surface area contributed by atoms with E-state index in [4.69, 9.17) is 0 Å². The van der Waals surface area contributed by atoms with Crippen LogP contribution < -0.4 is 0 Å². The molecule has 0 amide bonds. The van der Waals surface area contributed by atoms with Gasteiger partial charge in [-0.1, -0.05) is 44.7 Å². The number of rotatable bonds is 7. The van der Waals surface area contributed by atoms with Gasteiger partial charge in [-0.3, -0.25) is 4.79 Å². The molecule has 0 aliphatic heterocycles. The van der Waals surface area contributed by atoms with Crippen LogP contribution in [0.15, 0.2) is 24.3 Å². The van der Waals surface area contributed by atoms with E-state index in [0.717, 1.165) is 12.0 Å². The zero-order chi connectivity index (χ0) is 11.8. The number of carbonyl (C=O) groups excluding carboxylic acids is 1. The van der Waals surface area contributed by atoms with Crippen molar-refractivity contribution in [2.75, 3.05) is 0 Å². The van der Waals surface area contributed by atoms with Gasteiger partial charge < -0.3 is 0 Å². The van der Waals surface area contributed by atoms with Crippen molar-refractivity contribution in [3.8, 4) is 0 Å². The molecule has 88 valence electrons. The Hall–Kier alpha value is -0.380. The third-order valence-corrected chi connectivity index (χ3v) is 3.39. The van der Waals surface area contributed by atoms with E-state index in [-0.39, 0.29) is 5.78 Å². The summed E-state index contributed by atoms with van der Waals surface area (Å²) in [6, 6.07) is 7.84. The molecule has 0 N–H and O–H groups in total. The van der Waals surface area contributed by atoms with Crippen LogP contribution in [-0.4, -0.2) is 5.78 Å². The summed E-state index contributed by atoms with van der Waals surface area (Å²) < 4.78 is 1.18. The molecule has 1 nitrogen and oxygen atoms in total. The Morgan fingerprint density at radius 2 is 1.69 bits per heavy atom. The molecule has 0 radical (unpaired) electrons. The third-order valence-electron chi connectivity index (χ3n) is 2.67. The Kier molecular flexibility index (Phi) is 6.69. The first-order valence-corrected chi connectivity index (χ1v) is 7.10. The van der Waals surface area contributed by atoms with Crippen LogP contribution in [-0.2, 0) is 0 Å². The second kappa shape index (κ2) is 7.82. The van der Waals surface area contributed by atoms with E-state index in [1.807, 2.05) is 24.3 Å². The van der Waals surface area contributed by atoms with Gasteiger partial charge in [-0.25, -0.2) is 0 Å². The number of hydrogen-bond donors (Lipinski definition) is 0. The van der Waals surface area contributed by atoms with Crippen molar-refractivity contribution in [1.29, 1.82) is 0 Å². The number of carbonyl (C=O) groups is 1. The van der Waals surface area contributed by atoms with E-state index in [2.05, 4.69) is 29.5 Å². The van der Waals surface area contributed by atoms with E-state index in [1.54, 1.807) is 0 Å². The molecule has 0 spiro atoms. The molecule has 2 heteroatoms. The van der Waals surface area contributed by atoms with Crippen LogP contribution in [0.5, 0.6) is 0 Å². The molecule has 0 aliphatic carbocycles. The van der Waals surface area contributed by atoms with E-state index >= 15 is 0 Å². The maximum atomic E-state index is 11.8. The van der Waals surface area contributed by atoms with E-state index in [0.29, 0.717) is 6.42 Å². The summed E-state index contributed by atoms with van der Waals surface area (Å²) >= 11 is 2.25. The predicted molar refractivity (Wildman–Crippen MR) is 76.9 cm³/mol. The Bertz CT molecular complexity index is 316. The van der Waals surface area contributed by atoms with Gasteiger partial charge in [0.2, 0.25) is 0 Å². The van der Waals surface area contributed by atoms with Crippen LogP contribution in [0.2, 0.25) is 0 Å². The van der Waals surface area contributed by atoms with Crippen LogP contribution in [0.3, 0.4) is 0 Å². The van der Waals surface area contributed by atoms with Gasteiger partial charge in [0.05, 0.1) is 0 Å². The number of halogens is 1. The molecule has 0 saturated heterocycles. The van der Waals surface area contributed by atoms with Gasteiger partial charge in [-0.2, -0.15) is 0 Å².